The van der Waals surface area contributed by atoms with E-state index >= 15 is 0 Å². The minimum absolute atomic E-state index is 0.243. The summed E-state index contributed by atoms with van der Waals surface area (Å²) in [4.78, 5) is 12.8. The molecule has 0 aromatic rings. The Morgan fingerprint density at radius 2 is 1.62 bits per heavy atom. The van der Waals surface area contributed by atoms with Crippen LogP contribution in [0.25, 0.3) is 0 Å². The number of carbonyl (C=O) groups is 1. The van der Waals surface area contributed by atoms with Gasteiger partial charge in [0.25, 0.3) is 0 Å². The monoisotopic (exact) mass is 205 g/mol. The van der Waals surface area contributed by atoms with Crippen molar-refractivity contribution in [2.24, 2.45) is 0 Å². The lowest BCUT2D eigenvalue weighted by Crippen LogP contribution is -2.30. The first-order valence-electron chi connectivity index (χ1n) is 5.11. The van der Waals surface area contributed by atoms with Gasteiger partial charge in [-0.1, -0.05) is 26.7 Å². The first kappa shape index (κ1) is 12.9. The molecular weight excluding hydrogens is 186 g/mol. The summed E-state index contributed by atoms with van der Waals surface area (Å²) in [5.41, 5.74) is 0. The Kier molecular flexibility index (Phi) is 8.46. The number of rotatable bonds is 8. The summed E-state index contributed by atoms with van der Waals surface area (Å²) < 4.78 is 0. The van der Waals surface area contributed by atoms with Crippen molar-refractivity contribution in [3.63, 3.8) is 0 Å². The molecule has 0 heterocycles. The molecular formula is C10H20ClNO. The first-order chi connectivity index (χ1) is 6.20. The number of hydrogen-bond acceptors (Lipinski definition) is 2. The summed E-state index contributed by atoms with van der Waals surface area (Å²) in [6.45, 7) is 6.70. The second-order valence-corrected chi connectivity index (χ2v) is 3.76. The van der Waals surface area contributed by atoms with Crippen molar-refractivity contribution in [3.8, 4) is 0 Å². The van der Waals surface area contributed by atoms with Crippen molar-refractivity contribution in [2.45, 2.75) is 39.5 Å². The van der Waals surface area contributed by atoms with Crippen LogP contribution >= 0.6 is 11.6 Å². The topological polar surface area (TPSA) is 20.3 Å². The molecule has 0 unspecified atom stereocenters. The van der Waals surface area contributed by atoms with Gasteiger partial charge in [-0.15, -0.1) is 0 Å². The summed E-state index contributed by atoms with van der Waals surface area (Å²) in [6, 6.07) is 0. The van der Waals surface area contributed by atoms with Gasteiger partial charge in [0.1, 0.15) is 0 Å². The summed E-state index contributed by atoms with van der Waals surface area (Å²) in [7, 11) is 0. The molecule has 78 valence electrons. The predicted molar refractivity (Wildman–Crippen MR) is 57.1 cm³/mol. The summed E-state index contributed by atoms with van der Waals surface area (Å²) in [5, 5.41) is -0.243. The number of nitrogens with zero attached hydrogens (tertiary/aromatic N) is 1. The van der Waals surface area contributed by atoms with Gasteiger partial charge in [-0.05, 0) is 37.5 Å². The smallest absolute Gasteiger partial charge is 0.235 e. The second-order valence-electron chi connectivity index (χ2n) is 3.34. The molecule has 0 aliphatic rings. The Bertz CT molecular complexity index is 131. The molecule has 13 heavy (non-hydrogen) atoms. The normalized spacial score (nSPS) is 10.8. The Balaban J connectivity index is 3.66. The molecule has 0 saturated heterocycles. The molecule has 0 N–H and O–H groups in total. The van der Waals surface area contributed by atoms with Crippen molar-refractivity contribution in [1.29, 1.82) is 0 Å². The van der Waals surface area contributed by atoms with E-state index in [0.29, 0.717) is 6.54 Å². The van der Waals surface area contributed by atoms with Gasteiger partial charge < -0.3 is 0 Å². The van der Waals surface area contributed by atoms with Gasteiger partial charge in [0.15, 0.2) is 0 Å². The number of halogens is 1. The summed E-state index contributed by atoms with van der Waals surface area (Å²) >= 11 is 5.35. The van der Waals surface area contributed by atoms with Gasteiger partial charge in [0, 0.05) is 0 Å². The maximum atomic E-state index is 10.7. The van der Waals surface area contributed by atoms with Crippen LogP contribution in [-0.2, 0) is 4.79 Å². The summed E-state index contributed by atoms with van der Waals surface area (Å²) in [5.74, 6) is 0. The molecule has 0 saturated carbocycles. The van der Waals surface area contributed by atoms with Crippen LogP contribution in [0.2, 0.25) is 0 Å². The third-order valence-corrected chi connectivity index (χ3v) is 2.12. The zero-order chi connectivity index (χ0) is 10.1. The number of carbonyl (C=O) groups excluding carboxylic acids is 1. The fraction of sp³-hybridized carbons (Fsp3) is 0.900. The van der Waals surface area contributed by atoms with E-state index in [0.717, 1.165) is 25.9 Å². The fourth-order valence-corrected chi connectivity index (χ4v) is 1.38. The highest BCUT2D eigenvalue weighted by molar-refractivity contribution is 6.64. The lowest BCUT2D eigenvalue weighted by molar-refractivity contribution is -0.112. The van der Waals surface area contributed by atoms with Crippen LogP contribution in [-0.4, -0.2) is 29.8 Å². The van der Waals surface area contributed by atoms with Crippen molar-refractivity contribution in [3.05, 3.63) is 0 Å². The van der Waals surface area contributed by atoms with Crippen LogP contribution in [0.3, 0.4) is 0 Å². The predicted octanol–water partition coefficient (Wildman–Crippen LogP) is 2.65. The molecule has 0 amide bonds. The van der Waals surface area contributed by atoms with Crippen LogP contribution in [0.15, 0.2) is 0 Å². The molecule has 0 rings (SSSR count). The zero-order valence-electron chi connectivity index (χ0n) is 8.68. The van der Waals surface area contributed by atoms with E-state index in [1.807, 2.05) is 0 Å². The minimum Gasteiger partial charge on any atom is -0.295 e. The van der Waals surface area contributed by atoms with E-state index in [9.17, 15) is 4.79 Å². The van der Waals surface area contributed by atoms with E-state index in [1.54, 1.807) is 0 Å². The zero-order valence-corrected chi connectivity index (χ0v) is 9.44. The maximum absolute atomic E-state index is 10.7. The molecule has 0 bridgehead atoms. The van der Waals surface area contributed by atoms with Crippen molar-refractivity contribution in [2.75, 3.05) is 19.6 Å². The van der Waals surface area contributed by atoms with Crippen LogP contribution in [0.5, 0.6) is 0 Å². The average molecular weight is 206 g/mol. The Morgan fingerprint density at radius 3 is 1.92 bits per heavy atom. The molecule has 2 nitrogen and oxygen atoms in total. The molecule has 0 atom stereocenters. The second kappa shape index (κ2) is 8.52. The van der Waals surface area contributed by atoms with E-state index in [2.05, 4.69) is 18.7 Å². The molecule has 0 fully saturated rings. The third-order valence-electron chi connectivity index (χ3n) is 2.00. The first-order valence-corrected chi connectivity index (χ1v) is 5.49. The van der Waals surface area contributed by atoms with Crippen molar-refractivity contribution < 1.29 is 4.79 Å². The molecule has 0 spiro atoms. The third kappa shape index (κ3) is 8.26. The van der Waals surface area contributed by atoms with Crippen molar-refractivity contribution >= 4 is 16.8 Å². The molecule has 0 aromatic heterocycles. The molecule has 0 aliphatic carbocycles. The largest absolute Gasteiger partial charge is 0.295 e. The summed E-state index contributed by atoms with van der Waals surface area (Å²) in [6.07, 6.45) is 4.62. The van der Waals surface area contributed by atoms with Gasteiger partial charge in [-0.2, -0.15) is 0 Å². The van der Waals surface area contributed by atoms with Gasteiger partial charge >= 0.3 is 0 Å². The molecule has 0 radical (unpaired) electrons. The Morgan fingerprint density at radius 1 is 1.15 bits per heavy atom. The lowest BCUT2D eigenvalue weighted by atomic mass is 10.2. The van der Waals surface area contributed by atoms with Gasteiger partial charge in [-0.3, -0.25) is 9.69 Å². The number of unbranched alkanes of at least 4 members (excludes halogenated alkanes) is 2. The Hall–Kier alpha value is -0.0800. The molecule has 3 heteroatoms. The lowest BCUT2D eigenvalue weighted by Gasteiger charge is -2.19. The maximum Gasteiger partial charge on any atom is 0.235 e. The van der Waals surface area contributed by atoms with Crippen LogP contribution in [0.1, 0.15) is 39.5 Å². The molecule has 0 aromatic carbocycles. The van der Waals surface area contributed by atoms with Crippen LogP contribution < -0.4 is 0 Å². The average Bonchev–Trinajstić information content (AvgIpc) is 2.09. The quantitative estimate of drug-likeness (QED) is 0.568. The van der Waals surface area contributed by atoms with Crippen LogP contribution in [0.4, 0.5) is 0 Å². The fourth-order valence-electron chi connectivity index (χ4n) is 1.21. The van der Waals surface area contributed by atoms with Gasteiger partial charge in [0.2, 0.25) is 5.24 Å². The van der Waals surface area contributed by atoms with E-state index in [1.165, 1.54) is 12.8 Å². The minimum atomic E-state index is -0.243. The number of hydrogen-bond donors (Lipinski definition) is 0. The Labute approximate surface area is 86.2 Å². The van der Waals surface area contributed by atoms with E-state index in [4.69, 9.17) is 11.6 Å². The highest BCUT2D eigenvalue weighted by Gasteiger charge is 2.06. The standard InChI is InChI=1S/C10H20ClNO/c1-3-5-7-12(8-6-4-2)9-10(11)13/h3-9H2,1-2H3. The van der Waals surface area contributed by atoms with Crippen LogP contribution in [0, 0.1) is 0 Å². The van der Waals surface area contributed by atoms with Gasteiger partial charge in [-0.25, -0.2) is 0 Å². The molecule has 0 aliphatic heterocycles. The van der Waals surface area contributed by atoms with E-state index < -0.39 is 0 Å². The highest BCUT2D eigenvalue weighted by Crippen LogP contribution is 1.99. The highest BCUT2D eigenvalue weighted by atomic mass is 35.5. The van der Waals surface area contributed by atoms with Crippen molar-refractivity contribution in [1.82, 2.24) is 4.90 Å². The SMILES string of the molecule is CCCCN(CCCC)CC(=O)Cl. The van der Waals surface area contributed by atoms with Gasteiger partial charge in [0.05, 0.1) is 6.54 Å². The van der Waals surface area contributed by atoms with E-state index in [-0.39, 0.29) is 5.24 Å².